The van der Waals surface area contributed by atoms with Crippen molar-refractivity contribution >= 4 is 12.1 Å². The van der Waals surface area contributed by atoms with Crippen LogP contribution in [0.1, 0.15) is 23.0 Å². The molecule has 1 heterocycles. The van der Waals surface area contributed by atoms with Crippen molar-refractivity contribution in [2.24, 2.45) is 5.10 Å². The van der Waals surface area contributed by atoms with Gasteiger partial charge in [-0.1, -0.05) is 12.1 Å². The summed E-state index contributed by atoms with van der Waals surface area (Å²) in [6, 6.07) is 14.5. The third-order valence-corrected chi connectivity index (χ3v) is 4.07. The lowest BCUT2D eigenvalue weighted by Crippen LogP contribution is -2.18. The van der Waals surface area contributed by atoms with Crippen molar-refractivity contribution in [1.82, 2.24) is 15.6 Å². The second kappa shape index (κ2) is 9.41. The number of benzene rings is 2. The van der Waals surface area contributed by atoms with Crippen LogP contribution in [0, 0.1) is 0 Å². The number of methoxy groups -OCH3 is 2. The Kier molecular flexibility index (Phi) is 6.47. The van der Waals surface area contributed by atoms with Crippen molar-refractivity contribution < 1.29 is 19.0 Å². The van der Waals surface area contributed by atoms with E-state index < -0.39 is 5.91 Å². The highest BCUT2D eigenvalue weighted by atomic mass is 16.5. The summed E-state index contributed by atoms with van der Waals surface area (Å²) in [7, 11) is 3.12. The van der Waals surface area contributed by atoms with Gasteiger partial charge >= 0.3 is 0 Å². The average Bonchev–Trinajstić information content (AvgIpc) is 3.24. The van der Waals surface area contributed by atoms with Gasteiger partial charge in [-0.05, 0) is 48.9 Å². The summed E-state index contributed by atoms with van der Waals surface area (Å²) in [5, 5.41) is 10.9. The molecule has 0 fully saturated rings. The number of nitrogens with one attached hydrogen (secondary N) is 2. The number of hydrogen-bond acceptors (Lipinski definition) is 6. The number of hydrazone groups is 1. The zero-order chi connectivity index (χ0) is 20.6. The first-order valence-corrected chi connectivity index (χ1v) is 8.99. The molecule has 0 unspecified atom stereocenters. The molecule has 1 aromatic heterocycles. The molecular formula is C21H22N4O4. The van der Waals surface area contributed by atoms with Crippen molar-refractivity contribution in [3.8, 4) is 28.5 Å². The van der Waals surface area contributed by atoms with Crippen LogP contribution in [0.4, 0.5) is 0 Å². The zero-order valence-electron chi connectivity index (χ0n) is 16.4. The summed E-state index contributed by atoms with van der Waals surface area (Å²) in [5.41, 5.74) is 4.93. The third-order valence-electron chi connectivity index (χ3n) is 4.07. The number of rotatable bonds is 8. The van der Waals surface area contributed by atoms with Crippen LogP contribution in [0.5, 0.6) is 17.2 Å². The van der Waals surface area contributed by atoms with Crippen LogP contribution >= 0.6 is 0 Å². The van der Waals surface area contributed by atoms with Crippen LogP contribution in [-0.2, 0) is 0 Å². The van der Waals surface area contributed by atoms with E-state index in [1.54, 1.807) is 38.5 Å². The van der Waals surface area contributed by atoms with E-state index in [1.807, 2.05) is 31.2 Å². The van der Waals surface area contributed by atoms with Crippen molar-refractivity contribution in [2.45, 2.75) is 6.92 Å². The number of aromatic nitrogens is 2. The molecule has 0 aliphatic carbocycles. The van der Waals surface area contributed by atoms with Gasteiger partial charge in [0.1, 0.15) is 11.4 Å². The molecule has 2 aromatic carbocycles. The molecule has 0 saturated carbocycles. The Bertz CT molecular complexity index is 1010. The van der Waals surface area contributed by atoms with Crippen molar-refractivity contribution in [3.05, 3.63) is 59.8 Å². The molecule has 3 rings (SSSR count). The van der Waals surface area contributed by atoms with Crippen LogP contribution in [0.3, 0.4) is 0 Å². The van der Waals surface area contributed by atoms with Gasteiger partial charge in [0.2, 0.25) is 0 Å². The summed E-state index contributed by atoms with van der Waals surface area (Å²) >= 11 is 0. The second-order valence-electron chi connectivity index (χ2n) is 5.91. The molecule has 0 saturated heterocycles. The molecule has 0 radical (unpaired) electrons. The number of ether oxygens (including phenoxy) is 3. The molecule has 29 heavy (non-hydrogen) atoms. The Labute approximate surface area is 168 Å². The predicted molar refractivity (Wildman–Crippen MR) is 110 cm³/mol. The first-order valence-electron chi connectivity index (χ1n) is 8.99. The van der Waals surface area contributed by atoms with Crippen LogP contribution in [0.25, 0.3) is 11.3 Å². The molecule has 0 spiro atoms. The fourth-order valence-corrected chi connectivity index (χ4v) is 2.69. The highest BCUT2D eigenvalue weighted by Crippen LogP contribution is 2.29. The van der Waals surface area contributed by atoms with Gasteiger partial charge in [-0.3, -0.25) is 9.89 Å². The standard InChI is InChI=1S/C21H22N4O4/c1-4-29-18-8-6-5-7-15(18)16-12-17(24-23-16)21(26)25-22-13-14-9-10-19(27-2)20(11-14)28-3/h5-13H,4H2,1-3H3,(H,23,24)(H,25,26)/b22-13+. The molecule has 3 aromatic rings. The Morgan fingerprint density at radius 3 is 2.66 bits per heavy atom. The topological polar surface area (TPSA) is 97.8 Å². The number of hydrogen-bond donors (Lipinski definition) is 2. The van der Waals surface area contributed by atoms with Crippen LogP contribution in [0.2, 0.25) is 0 Å². The number of amides is 1. The summed E-state index contributed by atoms with van der Waals surface area (Å²) in [5.74, 6) is 1.49. The van der Waals surface area contributed by atoms with E-state index in [-0.39, 0.29) is 5.69 Å². The molecular weight excluding hydrogens is 372 g/mol. The molecule has 150 valence electrons. The van der Waals surface area contributed by atoms with Gasteiger partial charge in [0.15, 0.2) is 11.5 Å². The van der Waals surface area contributed by atoms with Crippen molar-refractivity contribution in [1.29, 1.82) is 0 Å². The summed E-state index contributed by atoms with van der Waals surface area (Å²) < 4.78 is 16.1. The quantitative estimate of drug-likeness (QED) is 0.451. The minimum absolute atomic E-state index is 0.288. The number of carbonyl (C=O) groups is 1. The lowest BCUT2D eigenvalue weighted by Gasteiger charge is -2.07. The van der Waals surface area contributed by atoms with E-state index in [0.717, 1.165) is 11.1 Å². The zero-order valence-corrected chi connectivity index (χ0v) is 16.4. The molecule has 0 aliphatic heterocycles. The second-order valence-corrected chi connectivity index (χ2v) is 5.91. The molecule has 2 N–H and O–H groups in total. The van der Waals surface area contributed by atoms with Gasteiger partial charge in [-0.2, -0.15) is 10.2 Å². The number of carbonyl (C=O) groups excluding carboxylic acids is 1. The highest BCUT2D eigenvalue weighted by molar-refractivity contribution is 5.94. The first kappa shape index (κ1) is 19.9. The van der Waals surface area contributed by atoms with Gasteiger partial charge < -0.3 is 14.2 Å². The Hall–Kier alpha value is -3.81. The first-order chi connectivity index (χ1) is 14.2. The van der Waals surface area contributed by atoms with Crippen LogP contribution < -0.4 is 19.6 Å². The fraction of sp³-hybridized carbons (Fsp3) is 0.190. The molecule has 0 bridgehead atoms. The lowest BCUT2D eigenvalue weighted by atomic mass is 10.1. The minimum Gasteiger partial charge on any atom is -0.493 e. The van der Waals surface area contributed by atoms with E-state index in [0.29, 0.717) is 29.5 Å². The molecule has 1 amide bonds. The van der Waals surface area contributed by atoms with E-state index in [9.17, 15) is 4.79 Å². The average molecular weight is 394 g/mol. The number of aromatic amines is 1. The largest absolute Gasteiger partial charge is 0.493 e. The maximum Gasteiger partial charge on any atom is 0.289 e. The number of para-hydroxylation sites is 1. The smallest absolute Gasteiger partial charge is 0.289 e. The van der Waals surface area contributed by atoms with Gasteiger partial charge in [0, 0.05) is 5.56 Å². The van der Waals surface area contributed by atoms with Crippen LogP contribution in [0.15, 0.2) is 53.6 Å². The van der Waals surface area contributed by atoms with Gasteiger partial charge in [0.05, 0.1) is 32.7 Å². The van der Waals surface area contributed by atoms with E-state index in [2.05, 4.69) is 20.7 Å². The fourth-order valence-electron chi connectivity index (χ4n) is 2.69. The number of nitrogens with zero attached hydrogens (tertiary/aromatic N) is 2. The SMILES string of the molecule is CCOc1ccccc1-c1cc(C(=O)N/N=C/c2ccc(OC)c(OC)c2)[nH]n1. The van der Waals surface area contributed by atoms with E-state index in [1.165, 1.54) is 6.21 Å². The van der Waals surface area contributed by atoms with Crippen molar-refractivity contribution in [3.63, 3.8) is 0 Å². The molecule has 8 nitrogen and oxygen atoms in total. The number of H-pyrrole nitrogens is 1. The predicted octanol–water partition coefficient (Wildman–Crippen LogP) is 3.26. The van der Waals surface area contributed by atoms with Gasteiger partial charge in [0.25, 0.3) is 5.91 Å². The van der Waals surface area contributed by atoms with Gasteiger partial charge in [-0.15, -0.1) is 0 Å². The van der Waals surface area contributed by atoms with Crippen LogP contribution in [-0.4, -0.2) is 43.1 Å². The molecule has 0 aliphatic rings. The maximum absolute atomic E-state index is 12.3. The monoisotopic (exact) mass is 394 g/mol. The minimum atomic E-state index is -0.408. The van der Waals surface area contributed by atoms with E-state index in [4.69, 9.17) is 14.2 Å². The lowest BCUT2D eigenvalue weighted by molar-refractivity contribution is 0.0950. The Morgan fingerprint density at radius 2 is 1.90 bits per heavy atom. The maximum atomic E-state index is 12.3. The van der Waals surface area contributed by atoms with Crippen molar-refractivity contribution in [2.75, 3.05) is 20.8 Å². The molecule has 0 atom stereocenters. The normalized spacial score (nSPS) is 10.7. The third kappa shape index (κ3) is 4.73. The van der Waals surface area contributed by atoms with E-state index >= 15 is 0 Å². The Morgan fingerprint density at radius 1 is 1.10 bits per heavy atom. The summed E-state index contributed by atoms with van der Waals surface area (Å²) in [4.78, 5) is 12.3. The summed E-state index contributed by atoms with van der Waals surface area (Å²) in [6.07, 6.45) is 1.52. The van der Waals surface area contributed by atoms with Gasteiger partial charge in [-0.25, -0.2) is 5.43 Å². The highest BCUT2D eigenvalue weighted by Gasteiger charge is 2.13. The summed E-state index contributed by atoms with van der Waals surface area (Å²) in [6.45, 7) is 2.45. The molecule has 8 heteroatoms. The Balaban J connectivity index is 1.69.